The van der Waals surface area contributed by atoms with Gasteiger partial charge < -0.3 is 5.32 Å². The number of hydrogen-bond acceptors (Lipinski definition) is 9. The fourth-order valence-corrected chi connectivity index (χ4v) is 3.24. The van der Waals surface area contributed by atoms with Crippen molar-refractivity contribution in [3.8, 4) is 0 Å². The molecule has 30 heavy (non-hydrogen) atoms. The highest BCUT2D eigenvalue weighted by molar-refractivity contribution is 7.99. The lowest BCUT2D eigenvalue weighted by Crippen LogP contribution is -2.34. The number of halogens is 3. The van der Waals surface area contributed by atoms with Crippen LogP contribution in [0.5, 0.6) is 0 Å². The summed E-state index contributed by atoms with van der Waals surface area (Å²) in [5.41, 5.74) is 0.688. The predicted molar refractivity (Wildman–Crippen MR) is 98.5 cm³/mol. The lowest BCUT2D eigenvalue weighted by atomic mass is 10.2. The third-order valence-electron chi connectivity index (χ3n) is 3.24. The average Bonchev–Trinajstić information content (AvgIpc) is 3.11. The highest BCUT2D eigenvalue weighted by Crippen LogP contribution is 2.27. The van der Waals surface area contributed by atoms with Gasteiger partial charge in [0.15, 0.2) is 16.6 Å². The monoisotopic (exact) mass is 468 g/mol. The average molecular weight is 468 g/mol. The molecule has 1 amide bonds. The van der Waals surface area contributed by atoms with E-state index in [1.807, 2.05) is 0 Å². The third-order valence-corrected chi connectivity index (χ3v) is 4.85. The van der Waals surface area contributed by atoms with Gasteiger partial charge in [0.2, 0.25) is 15.9 Å². The first kappa shape index (κ1) is 23.6. The summed E-state index contributed by atoms with van der Waals surface area (Å²) in [5, 5.41) is 23.7. The van der Waals surface area contributed by atoms with Crippen molar-refractivity contribution in [3.05, 3.63) is 35.3 Å². The molecule has 2 rings (SSSR count). The van der Waals surface area contributed by atoms with Crippen molar-refractivity contribution in [2.75, 3.05) is 18.1 Å². The van der Waals surface area contributed by atoms with Crippen molar-refractivity contribution < 1.29 is 36.2 Å². The fourth-order valence-electron chi connectivity index (χ4n) is 2.02. The van der Waals surface area contributed by atoms with Crippen molar-refractivity contribution in [2.45, 2.75) is 11.5 Å². The second-order valence-electron chi connectivity index (χ2n) is 5.50. The second kappa shape index (κ2) is 10.4. The number of rotatable bonds is 9. The Morgan fingerprint density at radius 1 is 1.37 bits per heavy atom. The molecule has 0 atom stereocenters. The Balaban J connectivity index is 2.07. The van der Waals surface area contributed by atoms with Gasteiger partial charge in [-0.05, 0) is 28.5 Å². The first-order valence-corrected chi connectivity index (χ1v) is 10.6. The predicted octanol–water partition coefficient (Wildman–Crippen LogP) is 0.700. The van der Waals surface area contributed by atoms with Crippen molar-refractivity contribution in [1.82, 2.24) is 21.1 Å². The molecule has 1 aromatic carbocycles. The van der Waals surface area contributed by atoms with Gasteiger partial charge in [0, 0.05) is 12.3 Å². The molecule has 2 aromatic rings. The Hall–Kier alpha value is -2.69. The summed E-state index contributed by atoms with van der Waals surface area (Å²) in [5.74, 6) is -2.88. The Morgan fingerprint density at radius 2 is 2.10 bits per heavy atom. The molecule has 0 aliphatic carbocycles. The number of amides is 1. The maximum absolute atomic E-state index is 13.4. The molecule has 1 aromatic heterocycles. The topological polar surface area (TPSA) is 173 Å². The van der Waals surface area contributed by atoms with Gasteiger partial charge in [0.1, 0.15) is 11.6 Å². The number of nitrogens with zero attached hydrogens (tertiary/aromatic N) is 3. The number of carbonyl (C=O) groups excluding carboxylic acids is 1. The number of amidine groups is 1. The van der Waals surface area contributed by atoms with Crippen LogP contribution in [-0.4, -0.2) is 53.7 Å². The zero-order chi connectivity index (χ0) is 22.3. The number of carbonyl (C=O) groups is 1. The second-order valence-corrected chi connectivity index (χ2v) is 8.20. The maximum atomic E-state index is 13.4. The van der Waals surface area contributed by atoms with E-state index in [9.17, 15) is 31.6 Å². The van der Waals surface area contributed by atoms with E-state index in [4.69, 9.17) is 5.14 Å². The first-order chi connectivity index (χ1) is 14.1. The Morgan fingerprint density at radius 3 is 2.73 bits per heavy atom. The molecule has 5 N–H and O–H groups in total. The van der Waals surface area contributed by atoms with Crippen LogP contribution < -0.4 is 15.9 Å². The normalized spacial score (nSPS) is 12.3. The number of nitrogens with two attached hydrogens (primary N) is 1. The highest BCUT2D eigenvalue weighted by Gasteiger charge is 2.19. The first-order valence-electron chi connectivity index (χ1n) is 7.90. The van der Waals surface area contributed by atoms with E-state index in [0.29, 0.717) is 0 Å². The molecule has 16 heteroatoms. The minimum Gasteiger partial charge on any atom is -0.354 e. The number of aliphatic imine (C=N–C) groups is 1. The number of primary sulfonamides is 1. The van der Waals surface area contributed by atoms with E-state index in [2.05, 4.69) is 25.3 Å². The summed E-state index contributed by atoms with van der Waals surface area (Å²) >= 11 is 1.00. The van der Waals surface area contributed by atoms with E-state index in [1.54, 1.807) is 5.48 Å². The number of aromatic nitrogens is 2. The summed E-state index contributed by atoms with van der Waals surface area (Å²) < 4.78 is 65.2. The van der Waals surface area contributed by atoms with Gasteiger partial charge in [-0.25, -0.2) is 36.3 Å². The van der Waals surface area contributed by atoms with Gasteiger partial charge in [-0.1, -0.05) is 11.8 Å². The fraction of sp³-hybridized carbons (Fsp3) is 0.286. The molecule has 0 aliphatic rings. The number of sulfonamides is 1. The van der Waals surface area contributed by atoms with Crippen LogP contribution in [0.4, 0.5) is 18.9 Å². The zero-order valence-corrected chi connectivity index (χ0v) is 16.5. The van der Waals surface area contributed by atoms with E-state index in [1.165, 1.54) is 0 Å². The Labute approximate surface area is 171 Å². The molecular formula is C14H15F3N6O5S2. The lowest BCUT2D eigenvalue weighted by molar-refractivity contribution is -0.118. The van der Waals surface area contributed by atoms with Crippen molar-refractivity contribution in [2.24, 2.45) is 10.1 Å². The summed E-state index contributed by atoms with van der Waals surface area (Å²) in [4.78, 5) is 15.3. The van der Waals surface area contributed by atoms with Crippen LogP contribution in [0.25, 0.3) is 0 Å². The van der Waals surface area contributed by atoms with Crippen LogP contribution in [0.15, 0.2) is 32.8 Å². The van der Waals surface area contributed by atoms with Crippen LogP contribution in [0, 0.1) is 5.82 Å². The summed E-state index contributed by atoms with van der Waals surface area (Å²) in [7, 11) is -3.94. The van der Waals surface area contributed by atoms with Crippen LogP contribution in [0.1, 0.15) is 17.7 Å². The SMILES string of the molecule is NS(=O)(=O)CC(=O)NCCSc1nonc1C(=Nc1ccc(F)c(C(F)F)c1)NO. The molecular weight excluding hydrogens is 453 g/mol. The van der Waals surface area contributed by atoms with Gasteiger partial charge in [-0.15, -0.1) is 0 Å². The molecule has 0 aliphatic heterocycles. The molecule has 0 bridgehead atoms. The summed E-state index contributed by atoms with van der Waals surface area (Å²) in [6.07, 6.45) is -3.06. The van der Waals surface area contributed by atoms with Gasteiger partial charge in [-0.2, -0.15) is 0 Å². The van der Waals surface area contributed by atoms with Crippen LogP contribution in [0.2, 0.25) is 0 Å². The standard InChI is InChI=1S/C14H15F3N6O5S2/c15-9-2-1-7(5-8(9)12(16)17)20-13(21-25)11-14(23-28-22-11)29-4-3-19-10(24)6-30(18,26)27/h1-2,5,12,25H,3-4,6H2,(H,19,24)(H,20,21)(H2,18,26,27). The minimum absolute atomic E-state index is 0.0417. The van der Waals surface area contributed by atoms with Crippen LogP contribution >= 0.6 is 11.8 Å². The van der Waals surface area contributed by atoms with Gasteiger partial charge >= 0.3 is 0 Å². The number of benzene rings is 1. The lowest BCUT2D eigenvalue weighted by Gasteiger charge is -2.06. The number of nitrogens with one attached hydrogen (secondary N) is 2. The molecule has 0 spiro atoms. The Bertz CT molecular complexity index is 1030. The van der Waals surface area contributed by atoms with E-state index in [-0.39, 0.29) is 34.5 Å². The molecule has 0 radical (unpaired) electrons. The number of hydroxylamine groups is 1. The highest BCUT2D eigenvalue weighted by atomic mass is 32.2. The number of hydrogen-bond donors (Lipinski definition) is 4. The van der Waals surface area contributed by atoms with Crippen molar-refractivity contribution in [1.29, 1.82) is 0 Å². The molecule has 11 nitrogen and oxygen atoms in total. The van der Waals surface area contributed by atoms with E-state index in [0.717, 1.165) is 30.0 Å². The van der Waals surface area contributed by atoms with Gasteiger partial charge in [0.25, 0.3) is 6.43 Å². The molecule has 1 heterocycles. The zero-order valence-electron chi connectivity index (χ0n) is 14.9. The van der Waals surface area contributed by atoms with Gasteiger partial charge in [-0.3, -0.25) is 15.5 Å². The summed E-state index contributed by atoms with van der Waals surface area (Å²) in [6, 6.07) is 2.72. The molecule has 0 saturated heterocycles. The van der Waals surface area contributed by atoms with Crippen molar-refractivity contribution >= 4 is 39.2 Å². The minimum atomic E-state index is -3.94. The third kappa shape index (κ3) is 6.97. The van der Waals surface area contributed by atoms with E-state index >= 15 is 0 Å². The smallest absolute Gasteiger partial charge is 0.266 e. The van der Waals surface area contributed by atoms with Gasteiger partial charge in [0.05, 0.1) is 11.3 Å². The van der Waals surface area contributed by atoms with E-state index < -0.39 is 39.5 Å². The molecule has 0 saturated carbocycles. The number of alkyl halides is 2. The van der Waals surface area contributed by atoms with Crippen LogP contribution in [0.3, 0.4) is 0 Å². The largest absolute Gasteiger partial charge is 0.354 e. The molecule has 0 unspecified atom stereocenters. The molecule has 0 fully saturated rings. The van der Waals surface area contributed by atoms with Crippen LogP contribution in [-0.2, 0) is 14.8 Å². The quantitative estimate of drug-likeness (QED) is 0.136. The Kier molecular flexibility index (Phi) is 8.16. The van der Waals surface area contributed by atoms with Crippen molar-refractivity contribution in [3.63, 3.8) is 0 Å². The summed E-state index contributed by atoms with van der Waals surface area (Å²) in [6.45, 7) is 0.0417. The number of thioether (sulfide) groups is 1. The maximum Gasteiger partial charge on any atom is 0.266 e. The molecule has 164 valence electrons.